The van der Waals surface area contributed by atoms with Crippen molar-refractivity contribution in [3.8, 4) is 22.6 Å². The molecule has 0 spiro atoms. The Morgan fingerprint density at radius 3 is 2.65 bits per heavy atom. The second-order valence-electron chi connectivity index (χ2n) is 4.34. The molecule has 0 aliphatic rings. The number of benzene rings is 1. The highest BCUT2D eigenvalue weighted by Crippen LogP contribution is 2.31. The van der Waals surface area contributed by atoms with Crippen molar-refractivity contribution < 1.29 is 4.39 Å². The molecular formula is C14H12FN5. The van der Waals surface area contributed by atoms with Crippen molar-refractivity contribution >= 4 is 5.69 Å². The summed E-state index contributed by atoms with van der Waals surface area (Å²) >= 11 is 0. The first-order valence-corrected chi connectivity index (χ1v) is 6.01. The maximum Gasteiger partial charge on any atom is 0.160 e. The van der Waals surface area contributed by atoms with Gasteiger partial charge in [0.05, 0.1) is 11.3 Å². The van der Waals surface area contributed by atoms with Crippen molar-refractivity contribution in [2.24, 2.45) is 7.05 Å². The molecule has 0 unspecified atom stereocenters. The van der Waals surface area contributed by atoms with Gasteiger partial charge < -0.3 is 5.73 Å². The molecule has 2 N–H and O–H groups in total. The fourth-order valence-electron chi connectivity index (χ4n) is 2.05. The first kappa shape index (κ1) is 12.3. The van der Waals surface area contributed by atoms with E-state index in [0.29, 0.717) is 28.3 Å². The fourth-order valence-corrected chi connectivity index (χ4v) is 2.05. The van der Waals surface area contributed by atoms with Crippen LogP contribution in [0.4, 0.5) is 10.1 Å². The molecule has 0 aliphatic carbocycles. The summed E-state index contributed by atoms with van der Waals surface area (Å²) in [6, 6.07) is 8.35. The largest absolute Gasteiger partial charge is 0.398 e. The predicted octanol–water partition coefficient (Wildman–Crippen LogP) is 2.27. The van der Waals surface area contributed by atoms with E-state index in [-0.39, 0.29) is 0 Å². The molecule has 0 saturated heterocycles. The number of halogens is 1. The summed E-state index contributed by atoms with van der Waals surface area (Å²) in [4.78, 5) is 8.21. The number of aromatic nitrogens is 4. The van der Waals surface area contributed by atoms with Crippen molar-refractivity contribution in [2.75, 3.05) is 5.73 Å². The molecule has 2 aromatic heterocycles. The molecule has 100 valence electrons. The zero-order valence-corrected chi connectivity index (χ0v) is 10.8. The van der Waals surface area contributed by atoms with Gasteiger partial charge in [0, 0.05) is 24.5 Å². The standard InChI is InChI=1S/C14H12FN5/c1-20-14(18-8-19-20)9-7-12(16)10(6-11(9)15)13-4-2-3-5-17-13/h2-8H,16H2,1H3. The Morgan fingerprint density at radius 2 is 2.00 bits per heavy atom. The highest BCUT2D eigenvalue weighted by molar-refractivity contribution is 5.78. The van der Waals surface area contributed by atoms with Crippen LogP contribution in [-0.4, -0.2) is 19.7 Å². The minimum atomic E-state index is -0.407. The number of pyridine rings is 1. The molecule has 1 aromatic carbocycles. The Bertz CT molecular complexity index is 752. The molecule has 0 radical (unpaired) electrons. The third kappa shape index (κ3) is 2.01. The van der Waals surface area contributed by atoms with Gasteiger partial charge in [-0.1, -0.05) is 6.07 Å². The quantitative estimate of drug-likeness (QED) is 0.724. The second-order valence-corrected chi connectivity index (χ2v) is 4.34. The lowest BCUT2D eigenvalue weighted by Gasteiger charge is -2.09. The summed E-state index contributed by atoms with van der Waals surface area (Å²) in [5.74, 6) is 0.0257. The molecule has 2 heterocycles. The van der Waals surface area contributed by atoms with E-state index in [1.54, 1.807) is 31.4 Å². The Hall–Kier alpha value is -2.76. The second kappa shape index (κ2) is 4.73. The van der Waals surface area contributed by atoms with Crippen LogP contribution in [0.3, 0.4) is 0 Å². The Kier molecular flexibility index (Phi) is 2.90. The molecule has 0 aliphatic heterocycles. The van der Waals surface area contributed by atoms with Gasteiger partial charge in [-0.2, -0.15) is 5.10 Å². The molecule has 0 atom stereocenters. The maximum absolute atomic E-state index is 14.3. The highest BCUT2D eigenvalue weighted by Gasteiger charge is 2.15. The lowest BCUT2D eigenvalue weighted by Crippen LogP contribution is -2.00. The average molecular weight is 269 g/mol. The van der Waals surface area contributed by atoms with Crippen molar-refractivity contribution in [1.82, 2.24) is 19.7 Å². The van der Waals surface area contributed by atoms with E-state index in [2.05, 4.69) is 15.1 Å². The smallest absolute Gasteiger partial charge is 0.160 e. The number of rotatable bonds is 2. The summed E-state index contributed by atoms with van der Waals surface area (Å²) < 4.78 is 15.8. The van der Waals surface area contributed by atoms with Gasteiger partial charge in [0.1, 0.15) is 12.1 Å². The van der Waals surface area contributed by atoms with Crippen molar-refractivity contribution in [3.63, 3.8) is 0 Å². The molecular weight excluding hydrogens is 257 g/mol. The monoisotopic (exact) mass is 269 g/mol. The Labute approximate surface area is 114 Å². The Morgan fingerprint density at radius 1 is 1.15 bits per heavy atom. The van der Waals surface area contributed by atoms with E-state index in [9.17, 15) is 4.39 Å². The number of nitrogen functional groups attached to an aromatic ring is 1. The van der Waals surface area contributed by atoms with Gasteiger partial charge in [0.25, 0.3) is 0 Å². The molecule has 0 fully saturated rings. The topological polar surface area (TPSA) is 69.6 Å². The van der Waals surface area contributed by atoms with Crippen molar-refractivity contribution in [3.05, 3.63) is 48.7 Å². The van der Waals surface area contributed by atoms with Gasteiger partial charge in [0.2, 0.25) is 0 Å². The summed E-state index contributed by atoms with van der Waals surface area (Å²) in [5, 5.41) is 3.93. The minimum Gasteiger partial charge on any atom is -0.398 e. The highest BCUT2D eigenvalue weighted by atomic mass is 19.1. The normalized spacial score (nSPS) is 10.7. The van der Waals surface area contributed by atoms with Crippen LogP contribution in [0.1, 0.15) is 0 Å². The molecule has 0 bridgehead atoms. The van der Waals surface area contributed by atoms with Crippen LogP contribution in [0.5, 0.6) is 0 Å². The molecule has 3 rings (SSSR count). The van der Waals surface area contributed by atoms with Crippen LogP contribution in [-0.2, 0) is 7.05 Å². The number of aryl methyl sites for hydroxylation is 1. The van der Waals surface area contributed by atoms with Gasteiger partial charge >= 0.3 is 0 Å². The molecule has 3 aromatic rings. The van der Waals surface area contributed by atoms with Crippen LogP contribution in [0, 0.1) is 5.82 Å². The summed E-state index contributed by atoms with van der Waals surface area (Å²) in [6.07, 6.45) is 3.01. The lowest BCUT2D eigenvalue weighted by molar-refractivity contribution is 0.628. The maximum atomic E-state index is 14.3. The van der Waals surface area contributed by atoms with Crippen LogP contribution in [0.25, 0.3) is 22.6 Å². The van der Waals surface area contributed by atoms with Gasteiger partial charge in [-0.25, -0.2) is 14.1 Å². The first-order chi connectivity index (χ1) is 9.66. The molecule has 0 saturated carbocycles. The van der Waals surface area contributed by atoms with E-state index in [1.165, 1.54) is 17.1 Å². The van der Waals surface area contributed by atoms with Gasteiger partial charge in [-0.15, -0.1) is 0 Å². The van der Waals surface area contributed by atoms with Crippen LogP contribution >= 0.6 is 0 Å². The van der Waals surface area contributed by atoms with E-state index < -0.39 is 5.82 Å². The fraction of sp³-hybridized carbons (Fsp3) is 0.0714. The number of hydrogen-bond donors (Lipinski definition) is 1. The zero-order chi connectivity index (χ0) is 14.1. The van der Waals surface area contributed by atoms with Crippen molar-refractivity contribution in [2.45, 2.75) is 0 Å². The SMILES string of the molecule is Cn1ncnc1-c1cc(N)c(-c2ccccn2)cc1F. The summed E-state index contributed by atoms with van der Waals surface area (Å²) in [5.41, 5.74) is 7.98. The van der Waals surface area contributed by atoms with E-state index >= 15 is 0 Å². The van der Waals surface area contributed by atoms with Gasteiger partial charge in [-0.05, 0) is 24.3 Å². The zero-order valence-electron chi connectivity index (χ0n) is 10.8. The average Bonchev–Trinajstić information content (AvgIpc) is 2.88. The van der Waals surface area contributed by atoms with Crippen LogP contribution in [0.2, 0.25) is 0 Å². The van der Waals surface area contributed by atoms with Gasteiger partial charge in [0.15, 0.2) is 5.82 Å². The number of anilines is 1. The van der Waals surface area contributed by atoms with Gasteiger partial charge in [-0.3, -0.25) is 4.98 Å². The number of nitrogens with zero attached hydrogens (tertiary/aromatic N) is 4. The minimum absolute atomic E-state index is 0.321. The van der Waals surface area contributed by atoms with Crippen molar-refractivity contribution in [1.29, 1.82) is 0 Å². The Balaban J connectivity index is 2.15. The first-order valence-electron chi connectivity index (χ1n) is 6.01. The van der Waals surface area contributed by atoms with E-state index in [4.69, 9.17) is 5.73 Å². The summed E-state index contributed by atoms with van der Waals surface area (Å²) in [6.45, 7) is 0. The number of hydrogen-bond acceptors (Lipinski definition) is 4. The third-order valence-electron chi connectivity index (χ3n) is 3.03. The van der Waals surface area contributed by atoms with E-state index in [1.807, 2.05) is 6.07 Å². The number of nitrogens with two attached hydrogens (primary N) is 1. The lowest BCUT2D eigenvalue weighted by atomic mass is 10.0. The van der Waals surface area contributed by atoms with E-state index in [0.717, 1.165) is 0 Å². The van der Waals surface area contributed by atoms with Crippen LogP contribution in [0.15, 0.2) is 42.9 Å². The molecule has 6 heteroatoms. The third-order valence-corrected chi connectivity index (χ3v) is 3.03. The summed E-state index contributed by atoms with van der Waals surface area (Å²) in [7, 11) is 1.70. The molecule has 20 heavy (non-hydrogen) atoms. The van der Waals surface area contributed by atoms with Crippen LogP contribution < -0.4 is 5.73 Å². The molecule has 5 nitrogen and oxygen atoms in total. The predicted molar refractivity (Wildman–Crippen MR) is 74.0 cm³/mol. The molecule has 0 amide bonds.